The molecule has 2 rings (SSSR count). The van der Waals surface area contributed by atoms with Gasteiger partial charge >= 0.3 is 5.97 Å². The van der Waals surface area contributed by atoms with Crippen molar-refractivity contribution >= 4 is 22.8 Å². The Morgan fingerprint density at radius 2 is 1.91 bits per heavy atom. The topological polar surface area (TPSA) is 88.4 Å². The summed E-state index contributed by atoms with van der Waals surface area (Å²) >= 11 is 0. The summed E-state index contributed by atoms with van der Waals surface area (Å²) in [6.07, 6.45) is 1.91. The van der Waals surface area contributed by atoms with Crippen LogP contribution in [0.5, 0.6) is 0 Å². The fourth-order valence-corrected chi connectivity index (χ4v) is 2.49. The molecule has 1 amide bonds. The Kier molecular flexibility index (Phi) is 5.16. The molecule has 23 heavy (non-hydrogen) atoms. The number of carboxylic acid groups (broad SMARTS) is 1. The molecule has 0 aliphatic heterocycles. The number of aromatic nitrogens is 1. The third-order valence-corrected chi connectivity index (χ3v) is 3.54. The van der Waals surface area contributed by atoms with Crippen LogP contribution in [0.3, 0.4) is 0 Å². The second-order valence-electron chi connectivity index (χ2n) is 5.91. The van der Waals surface area contributed by atoms with Crippen molar-refractivity contribution in [2.75, 3.05) is 0 Å². The third kappa shape index (κ3) is 4.18. The number of aliphatic carboxylic acids is 1. The predicted molar refractivity (Wildman–Crippen MR) is 87.2 cm³/mol. The Bertz CT molecular complexity index is 780. The lowest BCUT2D eigenvalue weighted by Crippen LogP contribution is -2.43. The highest BCUT2D eigenvalue weighted by Gasteiger charge is 2.21. The number of carbonyl (C=O) groups excluding carboxylic acids is 1. The fourth-order valence-electron chi connectivity index (χ4n) is 2.49. The first kappa shape index (κ1) is 16.7. The molecule has 0 aliphatic carbocycles. The quantitative estimate of drug-likeness (QED) is 0.847. The van der Waals surface area contributed by atoms with Gasteiger partial charge in [-0.2, -0.15) is 0 Å². The lowest BCUT2D eigenvalue weighted by molar-refractivity contribution is -0.142. The first-order valence-corrected chi connectivity index (χ1v) is 7.49. The number of para-hydroxylation sites is 1. The van der Waals surface area contributed by atoms with Crippen LogP contribution in [0.2, 0.25) is 0 Å². The van der Waals surface area contributed by atoms with E-state index in [4.69, 9.17) is 0 Å². The number of hydrogen-bond donors (Lipinski definition) is 2. The number of nitrogens with one attached hydrogen (secondary N) is 1. The van der Waals surface area contributed by atoms with Crippen LogP contribution in [0.25, 0.3) is 10.9 Å². The summed E-state index contributed by atoms with van der Waals surface area (Å²) in [7, 11) is 0. The van der Waals surface area contributed by atoms with E-state index in [1.807, 2.05) is 13.8 Å². The zero-order valence-electron chi connectivity index (χ0n) is 13.2. The van der Waals surface area contributed by atoms with E-state index in [1.54, 1.807) is 35.0 Å². The summed E-state index contributed by atoms with van der Waals surface area (Å²) in [5.74, 6) is -1.28. The predicted octanol–water partition coefficient (Wildman–Crippen LogP) is 1.62. The van der Waals surface area contributed by atoms with Crippen LogP contribution < -0.4 is 10.7 Å². The van der Waals surface area contributed by atoms with E-state index in [1.165, 1.54) is 6.07 Å². The Morgan fingerprint density at radius 1 is 1.22 bits per heavy atom. The average Bonchev–Trinajstić information content (AvgIpc) is 2.49. The molecule has 0 bridgehead atoms. The molecule has 6 nitrogen and oxygen atoms in total. The molecule has 1 heterocycles. The van der Waals surface area contributed by atoms with Crippen LogP contribution in [0.4, 0.5) is 0 Å². The summed E-state index contributed by atoms with van der Waals surface area (Å²) < 4.78 is 1.64. The van der Waals surface area contributed by atoms with Crippen LogP contribution in [0.15, 0.2) is 41.3 Å². The van der Waals surface area contributed by atoms with Gasteiger partial charge in [-0.3, -0.25) is 9.59 Å². The van der Waals surface area contributed by atoms with E-state index in [-0.39, 0.29) is 17.9 Å². The molecule has 2 aromatic rings. The van der Waals surface area contributed by atoms with Crippen molar-refractivity contribution in [3.63, 3.8) is 0 Å². The van der Waals surface area contributed by atoms with Crippen molar-refractivity contribution in [3.8, 4) is 0 Å². The van der Waals surface area contributed by atoms with Crippen LogP contribution in [0, 0.1) is 5.92 Å². The molecule has 1 unspecified atom stereocenters. The second kappa shape index (κ2) is 7.09. The Labute approximate surface area is 133 Å². The summed E-state index contributed by atoms with van der Waals surface area (Å²) in [5, 5.41) is 12.2. The molecule has 0 saturated carbocycles. The highest BCUT2D eigenvalue weighted by atomic mass is 16.4. The number of hydrogen-bond acceptors (Lipinski definition) is 3. The molecule has 6 heteroatoms. The third-order valence-electron chi connectivity index (χ3n) is 3.54. The number of amides is 1. The van der Waals surface area contributed by atoms with Gasteiger partial charge in [-0.1, -0.05) is 26.0 Å². The summed E-state index contributed by atoms with van der Waals surface area (Å²) in [6.45, 7) is 3.76. The van der Waals surface area contributed by atoms with Gasteiger partial charge in [0.2, 0.25) is 5.91 Å². The number of nitrogens with zero attached hydrogens (tertiary/aromatic N) is 1. The van der Waals surface area contributed by atoms with Crippen molar-refractivity contribution in [1.82, 2.24) is 9.88 Å². The molecule has 1 aromatic carbocycles. The average molecular weight is 316 g/mol. The second-order valence-corrected chi connectivity index (χ2v) is 5.91. The van der Waals surface area contributed by atoms with E-state index in [0.717, 1.165) is 0 Å². The molecule has 0 aliphatic rings. The molecule has 2 N–H and O–H groups in total. The Morgan fingerprint density at radius 3 is 2.57 bits per heavy atom. The molecular weight excluding hydrogens is 296 g/mol. The van der Waals surface area contributed by atoms with E-state index >= 15 is 0 Å². The van der Waals surface area contributed by atoms with Crippen LogP contribution in [0.1, 0.15) is 20.3 Å². The minimum atomic E-state index is -1.04. The molecule has 0 radical (unpaired) electrons. The zero-order chi connectivity index (χ0) is 17.0. The Hall–Kier alpha value is -2.63. The van der Waals surface area contributed by atoms with Crippen LogP contribution in [-0.2, 0) is 16.1 Å². The maximum absolute atomic E-state index is 12.2. The summed E-state index contributed by atoms with van der Waals surface area (Å²) in [5.41, 5.74) is 0.534. The number of carboxylic acids is 1. The molecule has 1 aromatic heterocycles. The largest absolute Gasteiger partial charge is 0.480 e. The van der Waals surface area contributed by atoms with Gasteiger partial charge in [0.25, 0.3) is 0 Å². The number of benzene rings is 1. The van der Waals surface area contributed by atoms with Crippen molar-refractivity contribution in [1.29, 1.82) is 0 Å². The molecule has 1 atom stereocenters. The molecule has 0 fully saturated rings. The number of carbonyl (C=O) groups is 2. The van der Waals surface area contributed by atoms with Gasteiger partial charge in [-0.05, 0) is 24.5 Å². The smallest absolute Gasteiger partial charge is 0.326 e. The van der Waals surface area contributed by atoms with Gasteiger partial charge in [0.1, 0.15) is 12.6 Å². The lowest BCUT2D eigenvalue weighted by atomic mass is 10.0. The number of fused-ring (bicyclic) bond motifs is 1. The monoisotopic (exact) mass is 316 g/mol. The van der Waals surface area contributed by atoms with Gasteiger partial charge in [-0.15, -0.1) is 0 Å². The van der Waals surface area contributed by atoms with Crippen LogP contribution in [-0.4, -0.2) is 27.6 Å². The standard InChI is InChI=1S/C17H20N2O4/c1-11(2)9-13(17(22)23)18-16(21)10-19-8-7-15(20)12-5-3-4-6-14(12)19/h3-8,11,13H,9-10H2,1-2H3,(H,18,21)(H,22,23). The molecule has 122 valence electrons. The highest BCUT2D eigenvalue weighted by molar-refractivity contribution is 5.85. The van der Waals surface area contributed by atoms with Crippen molar-refractivity contribution in [3.05, 3.63) is 46.8 Å². The Balaban J connectivity index is 2.19. The van der Waals surface area contributed by atoms with Gasteiger partial charge in [0.05, 0.1) is 5.52 Å². The van der Waals surface area contributed by atoms with Crippen LogP contribution >= 0.6 is 0 Å². The van der Waals surface area contributed by atoms with E-state index in [0.29, 0.717) is 17.3 Å². The summed E-state index contributed by atoms with van der Waals surface area (Å²) in [4.78, 5) is 35.2. The molecule has 0 saturated heterocycles. The minimum absolute atomic E-state index is 0.0390. The minimum Gasteiger partial charge on any atom is -0.480 e. The first-order chi connectivity index (χ1) is 10.9. The van der Waals surface area contributed by atoms with Crippen molar-refractivity contribution in [2.24, 2.45) is 5.92 Å². The van der Waals surface area contributed by atoms with Crippen molar-refractivity contribution in [2.45, 2.75) is 32.9 Å². The van der Waals surface area contributed by atoms with E-state index in [2.05, 4.69) is 5.32 Å². The summed E-state index contributed by atoms with van der Waals surface area (Å²) in [6, 6.07) is 7.50. The zero-order valence-corrected chi connectivity index (χ0v) is 13.2. The number of pyridine rings is 1. The van der Waals surface area contributed by atoms with Crippen molar-refractivity contribution < 1.29 is 14.7 Å². The SMILES string of the molecule is CC(C)CC(NC(=O)Cn1ccc(=O)c2ccccc21)C(=O)O. The van der Waals surface area contributed by atoms with Gasteiger partial charge < -0.3 is 15.0 Å². The van der Waals surface area contributed by atoms with E-state index in [9.17, 15) is 19.5 Å². The maximum Gasteiger partial charge on any atom is 0.326 e. The fraction of sp³-hybridized carbons (Fsp3) is 0.353. The first-order valence-electron chi connectivity index (χ1n) is 7.49. The highest BCUT2D eigenvalue weighted by Crippen LogP contribution is 2.10. The molecule has 0 spiro atoms. The normalized spacial score (nSPS) is 12.3. The lowest BCUT2D eigenvalue weighted by Gasteiger charge is -2.17. The molecular formula is C17H20N2O4. The number of rotatable bonds is 6. The van der Waals surface area contributed by atoms with Gasteiger partial charge in [-0.25, -0.2) is 4.79 Å². The maximum atomic E-state index is 12.2. The van der Waals surface area contributed by atoms with Gasteiger partial charge in [0, 0.05) is 17.6 Å². The van der Waals surface area contributed by atoms with E-state index < -0.39 is 17.9 Å². The van der Waals surface area contributed by atoms with Gasteiger partial charge in [0.15, 0.2) is 5.43 Å².